The van der Waals surface area contributed by atoms with Gasteiger partial charge in [0.15, 0.2) is 0 Å². The van der Waals surface area contributed by atoms with Crippen LogP contribution in [0.2, 0.25) is 0 Å². The van der Waals surface area contributed by atoms with Crippen LogP contribution in [0.25, 0.3) is 0 Å². The third kappa shape index (κ3) is 3.64. The molecule has 3 rings (SSSR count). The van der Waals surface area contributed by atoms with Gasteiger partial charge in [-0.1, -0.05) is 22.0 Å². The Hall–Kier alpha value is -1.40. The molecule has 0 saturated carbocycles. The number of nitrogens with zero attached hydrogens (tertiary/aromatic N) is 2. The molecule has 2 aliphatic heterocycles. The number of halogens is 1. The first-order valence-electron chi connectivity index (χ1n) is 8.48. The highest BCUT2D eigenvalue weighted by atomic mass is 79.9. The monoisotopic (exact) mass is 394 g/mol. The number of carboxylic acid groups (broad SMARTS) is 1. The van der Waals surface area contributed by atoms with Crippen LogP contribution in [-0.4, -0.2) is 52.5 Å². The average Bonchev–Trinajstić information content (AvgIpc) is 2.69. The van der Waals surface area contributed by atoms with E-state index in [4.69, 9.17) is 5.11 Å². The number of likely N-dealkylation sites (tertiary alicyclic amines) is 1. The van der Waals surface area contributed by atoms with E-state index in [9.17, 15) is 9.59 Å². The molecule has 24 heavy (non-hydrogen) atoms. The zero-order valence-electron chi connectivity index (χ0n) is 13.9. The van der Waals surface area contributed by atoms with Gasteiger partial charge < -0.3 is 10.0 Å². The second kappa shape index (κ2) is 7.23. The first-order valence-corrected chi connectivity index (χ1v) is 9.27. The van der Waals surface area contributed by atoms with Gasteiger partial charge in [-0.3, -0.25) is 14.5 Å². The Morgan fingerprint density at radius 1 is 1.33 bits per heavy atom. The van der Waals surface area contributed by atoms with E-state index in [1.54, 1.807) is 0 Å². The molecule has 2 heterocycles. The van der Waals surface area contributed by atoms with Crippen LogP contribution in [0, 0.1) is 6.92 Å². The molecule has 1 amide bonds. The fourth-order valence-electron chi connectivity index (χ4n) is 3.80. The summed E-state index contributed by atoms with van der Waals surface area (Å²) in [5.74, 6) is -0.965. The van der Waals surface area contributed by atoms with Gasteiger partial charge in [0.1, 0.15) is 6.54 Å². The van der Waals surface area contributed by atoms with Gasteiger partial charge in [0.25, 0.3) is 0 Å². The highest BCUT2D eigenvalue weighted by Gasteiger charge is 2.34. The van der Waals surface area contributed by atoms with E-state index in [1.807, 2.05) is 0 Å². The SMILES string of the molecule is Cc1cc(Br)c2c(c1)CCN(C1CCCCN(CC(=O)O)C1=O)C2. The van der Waals surface area contributed by atoms with Crippen LogP contribution in [0.3, 0.4) is 0 Å². The largest absolute Gasteiger partial charge is 0.480 e. The predicted octanol–water partition coefficient (Wildman–Crippen LogP) is 2.58. The molecule has 1 saturated heterocycles. The minimum absolute atomic E-state index is 0.0263. The topological polar surface area (TPSA) is 60.9 Å². The van der Waals surface area contributed by atoms with Crippen molar-refractivity contribution >= 4 is 27.8 Å². The Labute approximate surface area is 150 Å². The minimum Gasteiger partial charge on any atom is -0.480 e. The van der Waals surface area contributed by atoms with Gasteiger partial charge in [-0.05, 0) is 55.4 Å². The van der Waals surface area contributed by atoms with Crippen LogP contribution in [0.15, 0.2) is 16.6 Å². The van der Waals surface area contributed by atoms with Crippen LogP contribution in [0.1, 0.15) is 36.0 Å². The molecule has 1 aromatic carbocycles. The number of hydrogen-bond acceptors (Lipinski definition) is 3. The van der Waals surface area contributed by atoms with Gasteiger partial charge >= 0.3 is 5.97 Å². The average molecular weight is 395 g/mol. The van der Waals surface area contributed by atoms with Gasteiger partial charge in [0, 0.05) is 24.1 Å². The van der Waals surface area contributed by atoms with Crippen LogP contribution in [0.4, 0.5) is 0 Å². The normalized spacial score (nSPS) is 22.2. The van der Waals surface area contributed by atoms with Gasteiger partial charge in [-0.15, -0.1) is 0 Å². The lowest BCUT2D eigenvalue weighted by molar-refractivity contribution is -0.146. The summed E-state index contributed by atoms with van der Waals surface area (Å²) >= 11 is 3.66. The molecule has 0 radical (unpaired) electrons. The third-order valence-electron chi connectivity index (χ3n) is 4.98. The summed E-state index contributed by atoms with van der Waals surface area (Å²) in [6, 6.07) is 4.14. The van der Waals surface area contributed by atoms with E-state index < -0.39 is 5.97 Å². The van der Waals surface area contributed by atoms with Crippen molar-refractivity contribution in [2.75, 3.05) is 19.6 Å². The smallest absolute Gasteiger partial charge is 0.323 e. The number of rotatable bonds is 3. The number of hydrogen-bond donors (Lipinski definition) is 1. The molecule has 1 fully saturated rings. The van der Waals surface area contributed by atoms with E-state index in [2.05, 4.69) is 39.9 Å². The molecule has 2 aliphatic rings. The fraction of sp³-hybridized carbons (Fsp3) is 0.556. The summed E-state index contributed by atoms with van der Waals surface area (Å²) in [7, 11) is 0. The highest BCUT2D eigenvalue weighted by Crippen LogP contribution is 2.30. The zero-order chi connectivity index (χ0) is 17.3. The molecular weight excluding hydrogens is 372 g/mol. The third-order valence-corrected chi connectivity index (χ3v) is 5.69. The Morgan fingerprint density at radius 3 is 2.88 bits per heavy atom. The second-order valence-corrected chi connectivity index (χ2v) is 7.62. The molecule has 0 spiro atoms. The molecule has 1 unspecified atom stereocenters. The molecular formula is C18H23BrN2O3. The number of amides is 1. The molecule has 0 aromatic heterocycles. The molecule has 0 bridgehead atoms. The van der Waals surface area contributed by atoms with Gasteiger partial charge in [0.2, 0.25) is 5.91 Å². The van der Waals surface area contributed by atoms with E-state index in [-0.39, 0.29) is 18.5 Å². The van der Waals surface area contributed by atoms with E-state index in [0.717, 1.165) is 43.2 Å². The lowest BCUT2D eigenvalue weighted by Gasteiger charge is -2.36. The van der Waals surface area contributed by atoms with Crippen molar-refractivity contribution in [1.82, 2.24) is 9.80 Å². The summed E-state index contributed by atoms with van der Waals surface area (Å²) in [5.41, 5.74) is 3.85. The number of aliphatic carboxylic acids is 1. The molecule has 1 aromatic rings. The molecule has 6 heteroatoms. The maximum absolute atomic E-state index is 12.8. The van der Waals surface area contributed by atoms with Crippen molar-refractivity contribution in [3.63, 3.8) is 0 Å². The Bertz CT molecular complexity index is 662. The van der Waals surface area contributed by atoms with E-state index >= 15 is 0 Å². The van der Waals surface area contributed by atoms with Gasteiger partial charge in [-0.2, -0.15) is 0 Å². The maximum Gasteiger partial charge on any atom is 0.323 e. The minimum atomic E-state index is -0.939. The standard InChI is InChI=1S/C18H23BrN2O3/c1-12-8-13-5-7-20(10-14(13)15(19)9-12)16-4-2-3-6-21(18(16)24)11-17(22)23/h8-9,16H,2-7,10-11H2,1H3,(H,22,23). The number of fused-ring (bicyclic) bond motifs is 1. The van der Waals surface area contributed by atoms with Crippen molar-refractivity contribution < 1.29 is 14.7 Å². The van der Waals surface area contributed by atoms with Crippen LogP contribution < -0.4 is 0 Å². The first kappa shape index (κ1) is 17.4. The van der Waals surface area contributed by atoms with Gasteiger partial charge in [-0.25, -0.2) is 0 Å². The number of aryl methyl sites for hydroxylation is 1. The summed E-state index contributed by atoms with van der Waals surface area (Å²) in [6.45, 7) is 4.04. The summed E-state index contributed by atoms with van der Waals surface area (Å²) in [4.78, 5) is 27.6. The summed E-state index contributed by atoms with van der Waals surface area (Å²) < 4.78 is 1.10. The van der Waals surface area contributed by atoms with Gasteiger partial charge in [0.05, 0.1) is 6.04 Å². The second-order valence-electron chi connectivity index (χ2n) is 6.77. The van der Waals surface area contributed by atoms with Crippen LogP contribution >= 0.6 is 15.9 Å². The van der Waals surface area contributed by atoms with E-state index in [0.29, 0.717) is 6.54 Å². The molecule has 1 atom stereocenters. The van der Waals surface area contributed by atoms with E-state index in [1.165, 1.54) is 21.6 Å². The number of benzene rings is 1. The number of carboxylic acids is 1. The Balaban J connectivity index is 1.80. The van der Waals surface area contributed by atoms with Crippen molar-refractivity contribution in [2.24, 2.45) is 0 Å². The zero-order valence-corrected chi connectivity index (χ0v) is 15.5. The van der Waals surface area contributed by atoms with Crippen molar-refractivity contribution in [2.45, 2.75) is 45.2 Å². The molecule has 5 nitrogen and oxygen atoms in total. The lowest BCUT2D eigenvalue weighted by atomic mass is 9.95. The molecule has 130 valence electrons. The summed E-state index contributed by atoms with van der Waals surface area (Å²) in [6.07, 6.45) is 3.58. The van der Waals surface area contributed by atoms with Crippen molar-refractivity contribution in [3.8, 4) is 0 Å². The lowest BCUT2D eigenvalue weighted by Crippen LogP contribution is -2.50. The molecule has 1 N–H and O–H groups in total. The van der Waals surface area contributed by atoms with Crippen LogP contribution in [0.5, 0.6) is 0 Å². The Morgan fingerprint density at radius 2 is 2.12 bits per heavy atom. The number of carbonyl (C=O) groups excluding carboxylic acids is 1. The van der Waals surface area contributed by atoms with Crippen molar-refractivity contribution in [1.29, 1.82) is 0 Å². The summed E-state index contributed by atoms with van der Waals surface area (Å²) in [5, 5.41) is 9.05. The quantitative estimate of drug-likeness (QED) is 0.855. The molecule has 0 aliphatic carbocycles. The maximum atomic E-state index is 12.8. The predicted molar refractivity (Wildman–Crippen MR) is 94.8 cm³/mol. The fourth-order valence-corrected chi connectivity index (χ4v) is 4.54. The Kier molecular flexibility index (Phi) is 5.25. The highest BCUT2D eigenvalue weighted by molar-refractivity contribution is 9.10. The van der Waals surface area contributed by atoms with Crippen molar-refractivity contribution in [3.05, 3.63) is 33.3 Å². The van der Waals surface area contributed by atoms with Crippen LogP contribution in [-0.2, 0) is 22.6 Å². The first-order chi connectivity index (χ1) is 11.5. The number of carbonyl (C=O) groups is 2.